The summed E-state index contributed by atoms with van der Waals surface area (Å²) in [7, 11) is 0. The van der Waals surface area contributed by atoms with Crippen LogP contribution in [0.3, 0.4) is 0 Å². The van der Waals surface area contributed by atoms with Gasteiger partial charge in [0.2, 0.25) is 5.91 Å². The Hall–Kier alpha value is -0.870. The van der Waals surface area contributed by atoms with Gasteiger partial charge in [-0.15, -0.1) is 11.3 Å². The lowest BCUT2D eigenvalue weighted by Gasteiger charge is -2.37. The van der Waals surface area contributed by atoms with Gasteiger partial charge in [0.25, 0.3) is 0 Å². The number of thiophene rings is 1. The van der Waals surface area contributed by atoms with E-state index in [1.54, 1.807) is 11.3 Å². The minimum atomic E-state index is -0.476. The highest BCUT2D eigenvalue weighted by Crippen LogP contribution is 2.31. The SMILES string of the molecule is CC1(C)CCN(C(=O)C(N)c2cccs2)CC1. The van der Waals surface area contributed by atoms with Crippen LogP contribution in [0.5, 0.6) is 0 Å². The van der Waals surface area contributed by atoms with E-state index in [-0.39, 0.29) is 5.91 Å². The van der Waals surface area contributed by atoms with Gasteiger partial charge >= 0.3 is 0 Å². The van der Waals surface area contributed by atoms with Gasteiger partial charge in [-0.2, -0.15) is 0 Å². The van der Waals surface area contributed by atoms with Gasteiger partial charge in [-0.05, 0) is 29.7 Å². The van der Waals surface area contributed by atoms with Crippen LogP contribution in [-0.4, -0.2) is 23.9 Å². The van der Waals surface area contributed by atoms with Gasteiger partial charge in [-0.1, -0.05) is 19.9 Å². The number of hydrogen-bond acceptors (Lipinski definition) is 3. The smallest absolute Gasteiger partial charge is 0.244 e. The molecule has 1 unspecified atom stereocenters. The predicted molar refractivity (Wildman–Crippen MR) is 70.8 cm³/mol. The summed E-state index contributed by atoms with van der Waals surface area (Å²) < 4.78 is 0. The summed E-state index contributed by atoms with van der Waals surface area (Å²) in [5.41, 5.74) is 6.37. The summed E-state index contributed by atoms with van der Waals surface area (Å²) in [6.45, 7) is 6.19. The first kappa shape index (κ1) is 12.6. The molecule has 1 amide bonds. The fraction of sp³-hybridized carbons (Fsp3) is 0.615. The molecule has 1 aromatic rings. The maximum absolute atomic E-state index is 12.2. The summed E-state index contributed by atoms with van der Waals surface area (Å²) >= 11 is 1.55. The third-order valence-electron chi connectivity index (χ3n) is 3.54. The number of nitrogens with two attached hydrogens (primary N) is 1. The summed E-state index contributed by atoms with van der Waals surface area (Å²) in [6, 6.07) is 3.39. The van der Waals surface area contributed by atoms with E-state index in [0.29, 0.717) is 5.41 Å². The van der Waals surface area contributed by atoms with Crippen molar-refractivity contribution in [1.82, 2.24) is 4.90 Å². The van der Waals surface area contributed by atoms with Gasteiger partial charge in [0.1, 0.15) is 6.04 Å². The van der Waals surface area contributed by atoms with Crippen LogP contribution in [0.15, 0.2) is 17.5 Å². The molecule has 2 heterocycles. The highest BCUT2D eigenvalue weighted by Gasteiger charge is 2.30. The zero-order valence-corrected chi connectivity index (χ0v) is 11.3. The van der Waals surface area contributed by atoms with Crippen LogP contribution < -0.4 is 5.73 Å². The molecule has 0 saturated carbocycles. The molecule has 1 aromatic heterocycles. The van der Waals surface area contributed by atoms with Gasteiger partial charge in [0.05, 0.1) is 0 Å². The lowest BCUT2D eigenvalue weighted by atomic mass is 9.82. The highest BCUT2D eigenvalue weighted by molar-refractivity contribution is 7.10. The molecule has 2 rings (SSSR count). The number of likely N-dealkylation sites (tertiary alicyclic amines) is 1. The minimum Gasteiger partial charge on any atom is -0.341 e. The molecule has 4 heteroatoms. The standard InChI is InChI=1S/C13H20N2OS/c1-13(2)5-7-15(8-6-13)12(16)11(14)10-4-3-9-17-10/h3-4,9,11H,5-8,14H2,1-2H3. The number of nitrogens with zero attached hydrogens (tertiary/aromatic N) is 1. The average molecular weight is 252 g/mol. The van der Waals surface area contributed by atoms with Crippen molar-refractivity contribution in [2.24, 2.45) is 11.1 Å². The van der Waals surface area contributed by atoms with Crippen LogP contribution in [0.25, 0.3) is 0 Å². The van der Waals surface area contributed by atoms with E-state index >= 15 is 0 Å². The molecule has 0 spiro atoms. The van der Waals surface area contributed by atoms with Gasteiger partial charge < -0.3 is 10.6 Å². The van der Waals surface area contributed by atoms with Crippen molar-refractivity contribution in [3.05, 3.63) is 22.4 Å². The van der Waals surface area contributed by atoms with Crippen LogP contribution in [0.2, 0.25) is 0 Å². The Balaban J connectivity index is 1.97. The predicted octanol–water partition coefficient (Wildman–Crippen LogP) is 2.40. The molecular weight excluding hydrogens is 232 g/mol. The van der Waals surface area contributed by atoms with Gasteiger partial charge in [-0.3, -0.25) is 4.79 Å². The molecule has 0 radical (unpaired) electrons. The van der Waals surface area contributed by atoms with Crippen LogP contribution >= 0.6 is 11.3 Å². The van der Waals surface area contributed by atoms with Crippen molar-refractivity contribution >= 4 is 17.2 Å². The third kappa shape index (κ3) is 2.87. The molecule has 1 saturated heterocycles. The fourth-order valence-corrected chi connectivity index (χ4v) is 2.84. The Labute approximate surface area is 107 Å². The summed E-state index contributed by atoms with van der Waals surface area (Å²) in [5.74, 6) is 0.0722. The Morgan fingerprint density at radius 1 is 1.47 bits per heavy atom. The first-order valence-electron chi connectivity index (χ1n) is 6.07. The van der Waals surface area contributed by atoms with E-state index in [2.05, 4.69) is 13.8 Å². The first-order chi connectivity index (χ1) is 7.99. The van der Waals surface area contributed by atoms with Crippen LogP contribution in [0, 0.1) is 5.41 Å². The molecular formula is C13H20N2OS. The van der Waals surface area contributed by atoms with Crippen LogP contribution in [0.1, 0.15) is 37.6 Å². The first-order valence-corrected chi connectivity index (χ1v) is 6.95. The second kappa shape index (κ2) is 4.78. The van der Waals surface area contributed by atoms with Crippen LogP contribution in [0.4, 0.5) is 0 Å². The van der Waals surface area contributed by atoms with Crippen molar-refractivity contribution in [3.63, 3.8) is 0 Å². The van der Waals surface area contributed by atoms with Gasteiger partial charge in [0.15, 0.2) is 0 Å². The zero-order valence-electron chi connectivity index (χ0n) is 10.5. The van der Waals surface area contributed by atoms with Crippen molar-refractivity contribution in [2.45, 2.75) is 32.7 Å². The van der Waals surface area contributed by atoms with E-state index in [1.165, 1.54) is 0 Å². The molecule has 1 aliphatic rings. The third-order valence-corrected chi connectivity index (χ3v) is 4.50. The maximum Gasteiger partial charge on any atom is 0.244 e. The normalized spacial score (nSPS) is 21.2. The second-order valence-corrected chi connectivity index (χ2v) is 6.46. The topological polar surface area (TPSA) is 46.3 Å². The number of rotatable bonds is 2. The molecule has 0 aromatic carbocycles. The Kier molecular flexibility index (Phi) is 3.54. The number of piperidine rings is 1. The fourth-order valence-electron chi connectivity index (χ4n) is 2.12. The molecule has 1 atom stereocenters. The van der Waals surface area contributed by atoms with E-state index in [0.717, 1.165) is 30.8 Å². The van der Waals surface area contributed by atoms with Gasteiger partial charge in [0, 0.05) is 18.0 Å². The molecule has 3 nitrogen and oxygen atoms in total. The Morgan fingerprint density at radius 2 is 2.12 bits per heavy atom. The van der Waals surface area contributed by atoms with Crippen molar-refractivity contribution in [3.8, 4) is 0 Å². The van der Waals surface area contributed by atoms with Crippen molar-refractivity contribution < 1.29 is 4.79 Å². The minimum absolute atomic E-state index is 0.0722. The molecule has 1 aliphatic heterocycles. The molecule has 0 aliphatic carbocycles. The maximum atomic E-state index is 12.2. The highest BCUT2D eigenvalue weighted by atomic mass is 32.1. The van der Waals surface area contributed by atoms with Gasteiger partial charge in [-0.25, -0.2) is 0 Å². The van der Waals surface area contributed by atoms with Crippen LogP contribution in [-0.2, 0) is 4.79 Å². The van der Waals surface area contributed by atoms with E-state index in [4.69, 9.17) is 5.73 Å². The number of carbonyl (C=O) groups is 1. The lowest BCUT2D eigenvalue weighted by molar-refractivity contribution is -0.134. The molecule has 2 N–H and O–H groups in total. The lowest BCUT2D eigenvalue weighted by Crippen LogP contribution is -2.44. The largest absolute Gasteiger partial charge is 0.341 e. The Bertz CT molecular complexity index is 376. The average Bonchev–Trinajstić information content (AvgIpc) is 2.80. The molecule has 0 bridgehead atoms. The summed E-state index contributed by atoms with van der Waals surface area (Å²) in [6.07, 6.45) is 2.13. The van der Waals surface area contributed by atoms with E-state index in [9.17, 15) is 4.79 Å². The Morgan fingerprint density at radius 3 is 2.65 bits per heavy atom. The summed E-state index contributed by atoms with van der Waals surface area (Å²) in [5, 5.41) is 1.96. The number of amides is 1. The van der Waals surface area contributed by atoms with E-state index < -0.39 is 6.04 Å². The summed E-state index contributed by atoms with van der Waals surface area (Å²) in [4.78, 5) is 15.1. The van der Waals surface area contributed by atoms with E-state index in [1.807, 2.05) is 22.4 Å². The van der Waals surface area contributed by atoms with Crippen molar-refractivity contribution in [2.75, 3.05) is 13.1 Å². The quantitative estimate of drug-likeness (QED) is 0.878. The molecule has 17 heavy (non-hydrogen) atoms. The molecule has 1 fully saturated rings. The second-order valence-electron chi connectivity index (χ2n) is 5.48. The number of hydrogen-bond donors (Lipinski definition) is 1. The number of carbonyl (C=O) groups excluding carboxylic acids is 1. The zero-order chi connectivity index (χ0) is 12.5. The van der Waals surface area contributed by atoms with Crippen molar-refractivity contribution in [1.29, 1.82) is 0 Å². The molecule has 94 valence electrons. The monoisotopic (exact) mass is 252 g/mol.